The molecule has 0 fully saturated rings. The summed E-state index contributed by atoms with van der Waals surface area (Å²) in [6.45, 7) is 3.60. The van der Waals surface area contributed by atoms with E-state index in [2.05, 4.69) is 16.2 Å². The van der Waals surface area contributed by atoms with Crippen LogP contribution in [0.4, 0.5) is 0 Å². The van der Waals surface area contributed by atoms with Crippen LogP contribution in [0.1, 0.15) is 19.4 Å². The van der Waals surface area contributed by atoms with Crippen molar-refractivity contribution >= 4 is 22.9 Å². The van der Waals surface area contributed by atoms with E-state index >= 15 is 0 Å². The maximum absolute atomic E-state index is 10.6. The highest BCUT2D eigenvalue weighted by atomic mass is 16.4. The Morgan fingerprint density at radius 3 is 2.92 bits per heavy atom. The number of hydrogen-bond acceptors (Lipinski definition) is 3. The summed E-state index contributed by atoms with van der Waals surface area (Å²) in [7, 11) is 0. The van der Waals surface area contributed by atoms with Crippen molar-refractivity contribution in [1.29, 1.82) is 5.26 Å². The van der Waals surface area contributed by atoms with E-state index in [1.165, 1.54) is 0 Å². The van der Waals surface area contributed by atoms with Crippen molar-refractivity contribution in [2.45, 2.75) is 19.4 Å². The minimum atomic E-state index is -0.975. The topological polar surface area (TPSA) is 94.7 Å². The molecule has 2 heterocycles. The van der Waals surface area contributed by atoms with E-state index in [9.17, 15) is 10.1 Å². The number of nitrogens with one attached hydrogen (secondary N) is 1. The van der Waals surface area contributed by atoms with Crippen LogP contribution in [-0.2, 0) is 10.3 Å². The molecule has 0 aliphatic carbocycles. The third-order valence-corrected chi connectivity index (χ3v) is 3.80. The Labute approximate surface area is 138 Å². The van der Waals surface area contributed by atoms with Crippen molar-refractivity contribution in [1.82, 2.24) is 14.8 Å². The van der Waals surface area contributed by atoms with E-state index in [1.54, 1.807) is 30.8 Å². The summed E-state index contributed by atoms with van der Waals surface area (Å²) in [6.07, 6.45) is 6.22. The summed E-state index contributed by atoms with van der Waals surface area (Å²) in [5.74, 6) is -0.975. The highest BCUT2D eigenvalue weighted by Crippen LogP contribution is 2.26. The summed E-state index contributed by atoms with van der Waals surface area (Å²) in [5, 5.41) is 23.1. The Hall–Kier alpha value is -3.33. The lowest BCUT2D eigenvalue weighted by Gasteiger charge is -2.15. The summed E-state index contributed by atoms with van der Waals surface area (Å²) >= 11 is 0. The van der Waals surface area contributed by atoms with E-state index in [0.717, 1.165) is 33.8 Å². The van der Waals surface area contributed by atoms with Crippen LogP contribution in [0, 0.1) is 11.3 Å². The maximum Gasteiger partial charge on any atom is 0.328 e. The van der Waals surface area contributed by atoms with Gasteiger partial charge in [-0.2, -0.15) is 10.4 Å². The summed E-state index contributed by atoms with van der Waals surface area (Å²) < 4.78 is 1.63. The number of hydrogen-bond donors (Lipinski definition) is 2. The molecule has 1 aromatic carbocycles. The van der Waals surface area contributed by atoms with E-state index in [4.69, 9.17) is 5.11 Å². The van der Waals surface area contributed by atoms with Crippen molar-refractivity contribution in [3.05, 3.63) is 48.3 Å². The number of carboxylic acids is 1. The molecule has 2 N–H and O–H groups in total. The summed E-state index contributed by atoms with van der Waals surface area (Å²) in [6, 6.07) is 9.87. The molecule has 6 heteroatoms. The average molecular weight is 320 g/mol. The Kier molecular flexibility index (Phi) is 3.70. The standard InChI is InChI=1S/C18H16N4O2/c1-18(2,11-19)22-10-14(9-20-22)16-8-13-7-12(4-6-17(23)24)3-5-15(13)21-16/h3-10,21H,1-2H3,(H,23,24)/b6-4+. The molecule has 0 unspecified atom stereocenters. The van der Waals surface area contributed by atoms with Crippen LogP contribution in [0.15, 0.2) is 42.7 Å². The van der Waals surface area contributed by atoms with Crippen LogP contribution in [0.3, 0.4) is 0 Å². The Morgan fingerprint density at radius 2 is 2.21 bits per heavy atom. The molecule has 24 heavy (non-hydrogen) atoms. The summed E-state index contributed by atoms with van der Waals surface area (Å²) in [4.78, 5) is 13.9. The van der Waals surface area contributed by atoms with Gasteiger partial charge in [-0.3, -0.25) is 4.68 Å². The minimum absolute atomic E-state index is 0.709. The van der Waals surface area contributed by atoms with Gasteiger partial charge in [0, 0.05) is 34.4 Å². The highest BCUT2D eigenvalue weighted by Gasteiger charge is 2.20. The quantitative estimate of drug-likeness (QED) is 0.720. The van der Waals surface area contributed by atoms with Gasteiger partial charge in [0.05, 0.1) is 12.3 Å². The molecule has 2 aromatic heterocycles. The van der Waals surface area contributed by atoms with Gasteiger partial charge >= 0.3 is 5.97 Å². The van der Waals surface area contributed by atoms with Crippen LogP contribution >= 0.6 is 0 Å². The first kappa shape index (κ1) is 15.6. The van der Waals surface area contributed by atoms with Gasteiger partial charge in [-0.25, -0.2) is 4.79 Å². The number of benzene rings is 1. The fourth-order valence-electron chi connectivity index (χ4n) is 2.40. The van der Waals surface area contributed by atoms with Crippen LogP contribution in [0.25, 0.3) is 28.2 Å². The fraction of sp³-hybridized carbons (Fsp3) is 0.167. The molecule has 6 nitrogen and oxygen atoms in total. The Balaban J connectivity index is 1.97. The lowest BCUT2D eigenvalue weighted by molar-refractivity contribution is -0.131. The predicted molar refractivity (Wildman–Crippen MR) is 91.1 cm³/mol. The first-order valence-electron chi connectivity index (χ1n) is 7.39. The first-order valence-corrected chi connectivity index (χ1v) is 7.39. The van der Waals surface area contributed by atoms with Crippen molar-refractivity contribution in [2.75, 3.05) is 0 Å². The zero-order valence-electron chi connectivity index (χ0n) is 13.3. The Morgan fingerprint density at radius 1 is 1.42 bits per heavy atom. The molecule has 0 saturated carbocycles. The zero-order valence-corrected chi connectivity index (χ0v) is 13.3. The van der Waals surface area contributed by atoms with Crippen LogP contribution < -0.4 is 0 Å². The molecule has 0 amide bonds. The van der Waals surface area contributed by atoms with Gasteiger partial charge in [0.2, 0.25) is 0 Å². The van der Waals surface area contributed by atoms with E-state index in [0.29, 0.717) is 0 Å². The number of rotatable bonds is 4. The van der Waals surface area contributed by atoms with Gasteiger partial charge in [0.1, 0.15) is 5.54 Å². The average Bonchev–Trinajstić information content (AvgIpc) is 3.19. The van der Waals surface area contributed by atoms with Crippen LogP contribution in [0.2, 0.25) is 0 Å². The van der Waals surface area contributed by atoms with Crippen molar-refractivity contribution < 1.29 is 9.90 Å². The fourth-order valence-corrected chi connectivity index (χ4v) is 2.40. The molecule has 0 spiro atoms. The molecule has 0 atom stereocenters. The monoisotopic (exact) mass is 320 g/mol. The van der Waals surface area contributed by atoms with Gasteiger partial charge in [0.15, 0.2) is 0 Å². The number of aromatic amines is 1. The molecular formula is C18H16N4O2. The number of carbonyl (C=O) groups is 1. The normalized spacial score (nSPS) is 11.9. The van der Waals surface area contributed by atoms with E-state index in [-0.39, 0.29) is 0 Å². The third-order valence-electron chi connectivity index (χ3n) is 3.80. The molecule has 3 aromatic rings. The van der Waals surface area contributed by atoms with Crippen molar-refractivity contribution in [2.24, 2.45) is 0 Å². The van der Waals surface area contributed by atoms with Gasteiger partial charge in [-0.05, 0) is 43.7 Å². The second-order valence-electron chi connectivity index (χ2n) is 6.05. The largest absolute Gasteiger partial charge is 0.478 e. The maximum atomic E-state index is 10.6. The molecule has 3 rings (SSSR count). The number of fused-ring (bicyclic) bond motifs is 1. The molecule has 120 valence electrons. The minimum Gasteiger partial charge on any atom is -0.478 e. The number of nitrogens with zero attached hydrogens (tertiary/aromatic N) is 3. The smallest absolute Gasteiger partial charge is 0.328 e. The molecule has 0 saturated heterocycles. The van der Waals surface area contributed by atoms with Gasteiger partial charge in [-0.1, -0.05) is 6.07 Å². The van der Waals surface area contributed by atoms with Crippen LogP contribution in [-0.4, -0.2) is 25.8 Å². The van der Waals surface area contributed by atoms with Crippen molar-refractivity contribution in [3.63, 3.8) is 0 Å². The zero-order chi connectivity index (χ0) is 17.3. The van der Waals surface area contributed by atoms with Gasteiger partial charge in [0.25, 0.3) is 0 Å². The number of aliphatic carboxylic acids is 1. The Bertz CT molecular complexity index is 986. The molecule has 0 bridgehead atoms. The number of nitriles is 1. The third kappa shape index (κ3) is 2.92. The van der Waals surface area contributed by atoms with Gasteiger partial charge in [-0.15, -0.1) is 0 Å². The lowest BCUT2D eigenvalue weighted by atomic mass is 10.1. The molecule has 0 radical (unpaired) electrons. The van der Waals surface area contributed by atoms with Crippen molar-refractivity contribution in [3.8, 4) is 17.3 Å². The number of aromatic nitrogens is 3. The van der Waals surface area contributed by atoms with E-state index < -0.39 is 11.5 Å². The number of H-pyrrole nitrogens is 1. The van der Waals surface area contributed by atoms with E-state index in [1.807, 2.05) is 30.5 Å². The number of carboxylic acid groups (broad SMARTS) is 1. The molecule has 0 aliphatic heterocycles. The second-order valence-corrected chi connectivity index (χ2v) is 6.05. The SMILES string of the molecule is CC(C)(C#N)n1cc(-c2cc3cc(/C=C/C(=O)O)ccc3[nH]2)cn1. The first-order chi connectivity index (χ1) is 11.4. The predicted octanol–water partition coefficient (Wildman–Crippen LogP) is 3.39. The second kappa shape index (κ2) is 5.70. The highest BCUT2D eigenvalue weighted by molar-refractivity contribution is 5.90. The lowest BCUT2D eigenvalue weighted by Crippen LogP contribution is -2.24. The molecule has 0 aliphatic rings. The van der Waals surface area contributed by atoms with Gasteiger partial charge < -0.3 is 10.1 Å². The molecular weight excluding hydrogens is 304 g/mol. The van der Waals surface area contributed by atoms with Crippen LogP contribution in [0.5, 0.6) is 0 Å². The summed E-state index contributed by atoms with van der Waals surface area (Å²) in [5.41, 5.74) is 2.84.